The quantitative estimate of drug-likeness (QED) is 0.778. The Kier molecular flexibility index (Phi) is 6.36. The lowest BCUT2D eigenvalue weighted by Gasteiger charge is -2.35. The summed E-state index contributed by atoms with van der Waals surface area (Å²) in [7, 11) is 0. The van der Waals surface area contributed by atoms with Gasteiger partial charge in [0.15, 0.2) is 0 Å². The number of pyridine rings is 1. The van der Waals surface area contributed by atoms with Crippen LogP contribution >= 0.6 is 0 Å². The minimum Gasteiger partial charge on any atom is -0.444 e. The van der Waals surface area contributed by atoms with Crippen molar-refractivity contribution in [3.05, 3.63) is 30.1 Å². The van der Waals surface area contributed by atoms with Gasteiger partial charge in [0, 0.05) is 45.1 Å². The molecule has 0 unspecified atom stereocenters. The molecule has 128 valence electrons. The Labute approximate surface area is 138 Å². The summed E-state index contributed by atoms with van der Waals surface area (Å²) in [5, 5.41) is 0. The smallest absolute Gasteiger partial charge is 0.410 e. The van der Waals surface area contributed by atoms with E-state index in [1.165, 1.54) is 0 Å². The van der Waals surface area contributed by atoms with Crippen molar-refractivity contribution in [1.29, 1.82) is 0 Å². The number of piperazine rings is 1. The van der Waals surface area contributed by atoms with Gasteiger partial charge in [-0.15, -0.1) is 0 Å². The van der Waals surface area contributed by atoms with Gasteiger partial charge in [0.05, 0.1) is 13.2 Å². The Morgan fingerprint density at radius 3 is 2.43 bits per heavy atom. The average Bonchev–Trinajstić information content (AvgIpc) is 2.51. The zero-order chi connectivity index (χ0) is 16.7. The minimum absolute atomic E-state index is 0.217. The van der Waals surface area contributed by atoms with E-state index in [1.54, 1.807) is 17.3 Å². The number of carbonyl (C=O) groups is 1. The number of carbonyl (C=O) groups excluding carboxylic acids is 1. The fraction of sp³-hybridized carbons (Fsp3) is 0.647. The van der Waals surface area contributed by atoms with Crippen LogP contribution in [0.4, 0.5) is 4.79 Å². The van der Waals surface area contributed by atoms with Crippen LogP contribution in [-0.4, -0.2) is 65.8 Å². The molecule has 0 atom stereocenters. The highest BCUT2D eigenvalue weighted by Crippen LogP contribution is 2.11. The van der Waals surface area contributed by atoms with Crippen molar-refractivity contribution in [2.24, 2.45) is 0 Å². The Bertz CT molecular complexity index is 480. The lowest BCUT2D eigenvalue weighted by Crippen LogP contribution is -2.50. The van der Waals surface area contributed by atoms with Gasteiger partial charge in [-0.1, -0.05) is 0 Å². The molecule has 0 bridgehead atoms. The molecular formula is C17H27N3O3. The monoisotopic (exact) mass is 321 g/mol. The van der Waals surface area contributed by atoms with E-state index >= 15 is 0 Å². The van der Waals surface area contributed by atoms with Gasteiger partial charge >= 0.3 is 6.09 Å². The molecule has 1 aromatic heterocycles. The summed E-state index contributed by atoms with van der Waals surface area (Å²) in [6.45, 7) is 11.0. The van der Waals surface area contributed by atoms with E-state index < -0.39 is 5.60 Å². The van der Waals surface area contributed by atoms with Crippen LogP contribution in [0.3, 0.4) is 0 Å². The van der Waals surface area contributed by atoms with E-state index in [0.717, 1.165) is 25.2 Å². The molecule has 0 spiro atoms. The average molecular weight is 321 g/mol. The van der Waals surface area contributed by atoms with Gasteiger partial charge < -0.3 is 14.4 Å². The molecule has 0 aliphatic carbocycles. The normalized spacial score (nSPS) is 16.4. The van der Waals surface area contributed by atoms with Gasteiger partial charge in [0.25, 0.3) is 0 Å². The van der Waals surface area contributed by atoms with Crippen LogP contribution in [0.25, 0.3) is 0 Å². The Balaban J connectivity index is 1.60. The molecule has 2 rings (SSSR count). The molecule has 6 heteroatoms. The molecule has 1 aromatic rings. The zero-order valence-corrected chi connectivity index (χ0v) is 14.3. The lowest BCUT2D eigenvalue weighted by molar-refractivity contribution is 0.0110. The molecule has 0 aromatic carbocycles. The van der Waals surface area contributed by atoms with Gasteiger partial charge in [0.1, 0.15) is 5.60 Å². The standard InChI is InChI=1S/C17H27N3O3/c1-17(2,3)23-16(21)20-10-8-19(9-11-20)12-13-22-14-15-4-6-18-7-5-15/h4-7H,8-14H2,1-3H3. The van der Waals surface area contributed by atoms with Gasteiger partial charge in [-0.25, -0.2) is 4.79 Å². The van der Waals surface area contributed by atoms with Crippen molar-refractivity contribution >= 4 is 6.09 Å². The molecule has 1 amide bonds. The van der Waals surface area contributed by atoms with Crippen molar-refractivity contribution in [2.75, 3.05) is 39.3 Å². The van der Waals surface area contributed by atoms with Crippen LogP contribution in [0.1, 0.15) is 26.3 Å². The van der Waals surface area contributed by atoms with Crippen LogP contribution in [-0.2, 0) is 16.1 Å². The second-order valence-corrected chi connectivity index (χ2v) is 6.72. The molecule has 2 heterocycles. The van der Waals surface area contributed by atoms with Crippen molar-refractivity contribution < 1.29 is 14.3 Å². The highest BCUT2D eigenvalue weighted by Gasteiger charge is 2.25. The van der Waals surface area contributed by atoms with Crippen molar-refractivity contribution in [3.8, 4) is 0 Å². The Hall–Kier alpha value is -1.66. The Morgan fingerprint density at radius 2 is 1.83 bits per heavy atom. The summed E-state index contributed by atoms with van der Waals surface area (Å²) in [6.07, 6.45) is 3.33. The molecule has 0 N–H and O–H groups in total. The third-order valence-corrected chi connectivity index (χ3v) is 3.59. The highest BCUT2D eigenvalue weighted by molar-refractivity contribution is 5.68. The topological polar surface area (TPSA) is 54.9 Å². The number of amides is 1. The number of hydrogen-bond donors (Lipinski definition) is 0. The molecule has 0 saturated carbocycles. The second kappa shape index (κ2) is 8.26. The first-order valence-corrected chi connectivity index (χ1v) is 8.11. The van der Waals surface area contributed by atoms with E-state index in [0.29, 0.717) is 26.3 Å². The van der Waals surface area contributed by atoms with Crippen molar-refractivity contribution in [1.82, 2.24) is 14.8 Å². The summed E-state index contributed by atoms with van der Waals surface area (Å²) in [5.41, 5.74) is 0.699. The summed E-state index contributed by atoms with van der Waals surface area (Å²) in [5.74, 6) is 0. The van der Waals surface area contributed by atoms with E-state index in [1.807, 2.05) is 32.9 Å². The summed E-state index contributed by atoms with van der Waals surface area (Å²) < 4.78 is 11.1. The zero-order valence-electron chi connectivity index (χ0n) is 14.3. The maximum Gasteiger partial charge on any atom is 0.410 e. The van der Waals surface area contributed by atoms with E-state index in [9.17, 15) is 4.79 Å². The fourth-order valence-electron chi connectivity index (χ4n) is 2.34. The lowest BCUT2D eigenvalue weighted by atomic mass is 10.2. The molecule has 23 heavy (non-hydrogen) atoms. The van der Waals surface area contributed by atoms with E-state index in [2.05, 4.69) is 9.88 Å². The van der Waals surface area contributed by atoms with Crippen LogP contribution < -0.4 is 0 Å². The predicted molar refractivity (Wildman–Crippen MR) is 88.1 cm³/mol. The van der Waals surface area contributed by atoms with Gasteiger partial charge in [-0.2, -0.15) is 0 Å². The van der Waals surface area contributed by atoms with Crippen LogP contribution in [0.15, 0.2) is 24.5 Å². The third-order valence-electron chi connectivity index (χ3n) is 3.59. The molecule has 1 saturated heterocycles. The highest BCUT2D eigenvalue weighted by atomic mass is 16.6. The van der Waals surface area contributed by atoms with E-state index in [4.69, 9.17) is 9.47 Å². The number of aromatic nitrogens is 1. The summed E-state index contributed by atoms with van der Waals surface area (Å²) in [4.78, 5) is 20.1. The van der Waals surface area contributed by atoms with Gasteiger partial charge in [-0.3, -0.25) is 9.88 Å². The number of nitrogens with zero attached hydrogens (tertiary/aromatic N) is 3. The first-order chi connectivity index (χ1) is 10.9. The Morgan fingerprint density at radius 1 is 1.17 bits per heavy atom. The van der Waals surface area contributed by atoms with Gasteiger partial charge in [0.2, 0.25) is 0 Å². The fourth-order valence-corrected chi connectivity index (χ4v) is 2.34. The predicted octanol–water partition coefficient (Wildman–Crippen LogP) is 2.15. The molecule has 1 aliphatic heterocycles. The molecule has 1 fully saturated rings. The SMILES string of the molecule is CC(C)(C)OC(=O)N1CCN(CCOCc2ccncc2)CC1. The molecule has 1 aliphatic rings. The molecule has 0 radical (unpaired) electrons. The maximum atomic E-state index is 12.0. The van der Waals surface area contributed by atoms with Gasteiger partial charge in [-0.05, 0) is 38.5 Å². The molecule has 6 nitrogen and oxygen atoms in total. The van der Waals surface area contributed by atoms with E-state index in [-0.39, 0.29) is 6.09 Å². The van der Waals surface area contributed by atoms with Crippen LogP contribution in [0.5, 0.6) is 0 Å². The van der Waals surface area contributed by atoms with Crippen molar-refractivity contribution in [3.63, 3.8) is 0 Å². The third kappa shape index (κ3) is 6.54. The first kappa shape index (κ1) is 17.7. The van der Waals surface area contributed by atoms with Crippen molar-refractivity contribution in [2.45, 2.75) is 33.0 Å². The molecular weight excluding hydrogens is 294 g/mol. The minimum atomic E-state index is -0.436. The first-order valence-electron chi connectivity index (χ1n) is 8.11. The van der Waals surface area contributed by atoms with Crippen LogP contribution in [0, 0.1) is 0 Å². The summed E-state index contributed by atoms with van der Waals surface area (Å²) >= 11 is 0. The number of rotatable bonds is 5. The van der Waals surface area contributed by atoms with Crippen LogP contribution in [0.2, 0.25) is 0 Å². The largest absolute Gasteiger partial charge is 0.444 e. The summed E-state index contributed by atoms with van der Waals surface area (Å²) in [6, 6.07) is 3.92. The maximum absolute atomic E-state index is 12.0. The second-order valence-electron chi connectivity index (χ2n) is 6.72. The number of ether oxygens (including phenoxy) is 2. The number of hydrogen-bond acceptors (Lipinski definition) is 5.